The zero-order valence-electron chi connectivity index (χ0n) is 13.3. The van der Waals surface area contributed by atoms with Crippen molar-refractivity contribution >= 4 is 17.6 Å². The number of amides is 1. The Morgan fingerprint density at radius 1 is 1.29 bits per heavy atom. The summed E-state index contributed by atoms with van der Waals surface area (Å²) in [6.45, 7) is 4.00. The van der Waals surface area contributed by atoms with Gasteiger partial charge in [0.15, 0.2) is 0 Å². The Labute approximate surface area is 138 Å². The highest BCUT2D eigenvalue weighted by Gasteiger charge is 2.18. The molecular formula is C15H19N3O6. The van der Waals surface area contributed by atoms with Gasteiger partial charge in [0.25, 0.3) is 11.6 Å². The molecule has 0 unspecified atom stereocenters. The van der Waals surface area contributed by atoms with Crippen LogP contribution in [0, 0.1) is 10.1 Å². The van der Waals surface area contributed by atoms with E-state index in [1.807, 2.05) is 0 Å². The maximum Gasteiger partial charge on any atom is 0.338 e. The fraction of sp³-hybridized carbons (Fsp3) is 0.467. The van der Waals surface area contributed by atoms with E-state index in [4.69, 9.17) is 4.74 Å². The summed E-state index contributed by atoms with van der Waals surface area (Å²) in [5.74, 6) is -1.21. The summed E-state index contributed by atoms with van der Waals surface area (Å²) in [5.41, 5.74) is -0.326. The third-order valence-electron chi connectivity index (χ3n) is 3.63. The van der Waals surface area contributed by atoms with Gasteiger partial charge in [-0.2, -0.15) is 0 Å². The van der Waals surface area contributed by atoms with Crippen LogP contribution in [0.1, 0.15) is 20.7 Å². The second-order valence-electron chi connectivity index (χ2n) is 5.23. The van der Waals surface area contributed by atoms with Gasteiger partial charge in [0, 0.05) is 43.9 Å². The summed E-state index contributed by atoms with van der Waals surface area (Å²) in [7, 11) is 1.17. The van der Waals surface area contributed by atoms with Crippen LogP contribution in [-0.2, 0) is 9.47 Å². The summed E-state index contributed by atoms with van der Waals surface area (Å²) in [6.07, 6.45) is 0. The average Bonchev–Trinajstić information content (AvgIpc) is 2.61. The summed E-state index contributed by atoms with van der Waals surface area (Å²) in [4.78, 5) is 36.2. The van der Waals surface area contributed by atoms with E-state index in [0.29, 0.717) is 26.3 Å². The number of morpholine rings is 1. The van der Waals surface area contributed by atoms with Gasteiger partial charge in [-0.3, -0.25) is 19.8 Å². The predicted octanol–water partition coefficient (Wildman–Crippen LogP) is 0.443. The van der Waals surface area contributed by atoms with Gasteiger partial charge < -0.3 is 14.8 Å². The number of ether oxygens (including phenoxy) is 2. The molecular weight excluding hydrogens is 318 g/mol. The molecule has 1 N–H and O–H groups in total. The molecule has 24 heavy (non-hydrogen) atoms. The Bertz CT molecular complexity index is 628. The molecule has 0 aromatic heterocycles. The number of hydrogen-bond acceptors (Lipinski definition) is 7. The lowest BCUT2D eigenvalue weighted by molar-refractivity contribution is -0.384. The Kier molecular flexibility index (Phi) is 6.21. The number of nitro benzene ring substituents is 1. The van der Waals surface area contributed by atoms with E-state index in [0.717, 1.165) is 25.2 Å². The molecule has 130 valence electrons. The number of carbonyl (C=O) groups excluding carboxylic acids is 2. The van der Waals surface area contributed by atoms with Crippen molar-refractivity contribution in [3.05, 3.63) is 39.4 Å². The highest BCUT2D eigenvalue weighted by atomic mass is 16.6. The third kappa shape index (κ3) is 4.74. The largest absolute Gasteiger partial charge is 0.465 e. The molecule has 1 heterocycles. The van der Waals surface area contributed by atoms with Crippen LogP contribution in [0.4, 0.5) is 5.69 Å². The van der Waals surface area contributed by atoms with E-state index >= 15 is 0 Å². The van der Waals surface area contributed by atoms with Gasteiger partial charge in [-0.15, -0.1) is 0 Å². The van der Waals surface area contributed by atoms with Crippen molar-refractivity contribution in [2.45, 2.75) is 0 Å². The number of benzene rings is 1. The van der Waals surface area contributed by atoms with Crippen LogP contribution >= 0.6 is 0 Å². The average molecular weight is 337 g/mol. The van der Waals surface area contributed by atoms with Crippen molar-refractivity contribution in [3.63, 3.8) is 0 Å². The Balaban J connectivity index is 2.02. The first-order valence-electron chi connectivity index (χ1n) is 7.47. The highest BCUT2D eigenvalue weighted by Crippen LogP contribution is 2.18. The molecule has 0 spiro atoms. The maximum atomic E-state index is 12.2. The molecule has 9 heteroatoms. The first kappa shape index (κ1) is 17.8. The Morgan fingerprint density at radius 2 is 1.96 bits per heavy atom. The molecule has 0 aliphatic carbocycles. The van der Waals surface area contributed by atoms with E-state index < -0.39 is 16.8 Å². The summed E-state index contributed by atoms with van der Waals surface area (Å²) < 4.78 is 9.80. The second kappa shape index (κ2) is 8.37. The van der Waals surface area contributed by atoms with Crippen LogP contribution in [0.3, 0.4) is 0 Å². The Morgan fingerprint density at radius 3 is 2.58 bits per heavy atom. The van der Waals surface area contributed by atoms with Crippen LogP contribution < -0.4 is 5.32 Å². The van der Waals surface area contributed by atoms with Crippen LogP contribution in [0.25, 0.3) is 0 Å². The van der Waals surface area contributed by atoms with Crippen molar-refractivity contribution in [2.24, 2.45) is 0 Å². The van der Waals surface area contributed by atoms with Crippen molar-refractivity contribution in [3.8, 4) is 0 Å². The third-order valence-corrected chi connectivity index (χ3v) is 3.63. The molecule has 0 atom stereocenters. The van der Waals surface area contributed by atoms with Crippen LogP contribution in [0.2, 0.25) is 0 Å². The Hall–Kier alpha value is -2.52. The van der Waals surface area contributed by atoms with Crippen LogP contribution in [0.15, 0.2) is 18.2 Å². The smallest absolute Gasteiger partial charge is 0.338 e. The van der Waals surface area contributed by atoms with E-state index in [1.54, 1.807) is 0 Å². The van der Waals surface area contributed by atoms with Gasteiger partial charge in [0.1, 0.15) is 0 Å². The fourth-order valence-corrected chi connectivity index (χ4v) is 2.34. The fourth-order valence-electron chi connectivity index (χ4n) is 2.34. The standard InChI is InChI=1S/C15H19N3O6/c1-23-15(20)12-8-11(9-13(10-12)18(21)22)14(19)16-2-3-17-4-6-24-7-5-17/h8-10H,2-7H2,1H3,(H,16,19). The molecule has 1 aromatic rings. The highest BCUT2D eigenvalue weighted by molar-refractivity contribution is 5.98. The summed E-state index contributed by atoms with van der Waals surface area (Å²) in [6, 6.07) is 3.50. The van der Waals surface area contributed by atoms with E-state index in [-0.39, 0.29) is 16.8 Å². The number of carbonyl (C=O) groups is 2. The molecule has 1 aliphatic heterocycles. The van der Waals surface area contributed by atoms with E-state index in [1.165, 1.54) is 13.2 Å². The first-order chi connectivity index (χ1) is 11.5. The lowest BCUT2D eigenvalue weighted by atomic mass is 10.1. The van der Waals surface area contributed by atoms with Gasteiger partial charge in [-0.05, 0) is 6.07 Å². The van der Waals surface area contributed by atoms with Crippen LogP contribution in [0.5, 0.6) is 0 Å². The zero-order chi connectivity index (χ0) is 17.5. The quantitative estimate of drug-likeness (QED) is 0.455. The topological polar surface area (TPSA) is 111 Å². The zero-order valence-corrected chi connectivity index (χ0v) is 13.3. The normalized spacial score (nSPS) is 14.9. The minimum atomic E-state index is -0.735. The monoisotopic (exact) mass is 337 g/mol. The first-order valence-corrected chi connectivity index (χ1v) is 7.47. The molecule has 1 aliphatic rings. The lowest BCUT2D eigenvalue weighted by Crippen LogP contribution is -2.41. The number of hydrogen-bond donors (Lipinski definition) is 1. The number of nitrogens with zero attached hydrogens (tertiary/aromatic N) is 2. The number of esters is 1. The maximum absolute atomic E-state index is 12.2. The lowest BCUT2D eigenvalue weighted by Gasteiger charge is -2.26. The van der Waals surface area contributed by atoms with Crippen molar-refractivity contribution in [1.82, 2.24) is 10.2 Å². The summed E-state index contributed by atoms with van der Waals surface area (Å²) >= 11 is 0. The second-order valence-corrected chi connectivity index (χ2v) is 5.23. The van der Waals surface area contributed by atoms with E-state index in [9.17, 15) is 19.7 Å². The van der Waals surface area contributed by atoms with Gasteiger partial charge in [0.05, 0.1) is 30.8 Å². The number of nitrogens with one attached hydrogen (secondary N) is 1. The number of methoxy groups -OCH3 is 1. The van der Waals surface area contributed by atoms with Crippen LogP contribution in [-0.4, -0.2) is 68.2 Å². The molecule has 1 saturated heterocycles. The molecule has 1 amide bonds. The van der Waals surface area contributed by atoms with Gasteiger partial charge in [0.2, 0.25) is 0 Å². The van der Waals surface area contributed by atoms with Crippen molar-refractivity contribution < 1.29 is 24.0 Å². The molecule has 2 rings (SSSR count). The molecule has 1 fully saturated rings. The molecule has 0 saturated carbocycles. The summed E-state index contributed by atoms with van der Waals surface area (Å²) in [5, 5.41) is 13.7. The molecule has 9 nitrogen and oxygen atoms in total. The number of nitro groups is 1. The number of non-ortho nitro benzene ring substituents is 1. The van der Waals surface area contributed by atoms with Crippen molar-refractivity contribution in [1.29, 1.82) is 0 Å². The minimum absolute atomic E-state index is 0.0370. The minimum Gasteiger partial charge on any atom is -0.465 e. The number of rotatable bonds is 6. The van der Waals surface area contributed by atoms with Gasteiger partial charge >= 0.3 is 5.97 Å². The van der Waals surface area contributed by atoms with E-state index in [2.05, 4.69) is 15.0 Å². The van der Waals surface area contributed by atoms with Crippen molar-refractivity contribution in [2.75, 3.05) is 46.5 Å². The van der Waals surface area contributed by atoms with Gasteiger partial charge in [-0.25, -0.2) is 4.79 Å². The molecule has 1 aromatic carbocycles. The SMILES string of the molecule is COC(=O)c1cc(C(=O)NCCN2CCOCC2)cc([N+](=O)[O-])c1. The predicted molar refractivity (Wildman–Crippen MR) is 84.0 cm³/mol. The molecule has 0 bridgehead atoms. The molecule has 0 radical (unpaired) electrons. The van der Waals surface area contributed by atoms with Gasteiger partial charge in [-0.1, -0.05) is 0 Å².